The molecule has 0 aromatic heterocycles. The van der Waals surface area contributed by atoms with Crippen molar-refractivity contribution < 1.29 is 9.53 Å². The highest BCUT2D eigenvalue weighted by atomic mass is 35.5. The molecule has 3 rings (SSSR count). The third-order valence-electron chi connectivity index (χ3n) is 7.90. The highest BCUT2D eigenvalue weighted by Gasteiger charge is 2.67. The summed E-state index contributed by atoms with van der Waals surface area (Å²) < 4.78 is 6.28. The first-order chi connectivity index (χ1) is 12.6. The van der Waals surface area contributed by atoms with Crippen molar-refractivity contribution in [3.63, 3.8) is 0 Å². The molecule has 1 aromatic carbocycles. The van der Waals surface area contributed by atoms with Crippen LogP contribution in [-0.2, 0) is 4.74 Å². The molecule has 0 saturated heterocycles. The van der Waals surface area contributed by atoms with Crippen molar-refractivity contribution in [3.05, 3.63) is 35.9 Å². The quantitative estimate of drug-likeness (QED) is 0.556. The lowest BCUT2D eigenvalue weighted by atomic mass is 9.70. The first kappa shape index (κ1) is 23.2. The summed E-state index contributed by atoms with van der Waals surface area (Å²) in [6, 6.07) is 10.4. The number of ether oxygens (including phenoxy) is 1. The van der Waals surface area contributed by atoms with Gasteiger partial charge in [0.05, 0.1) is 5.56 Å². The highest BCUT2D eigenvalue weighted by Crippen LogP contribution is 2.68. The summed E-state index contributed by atoms with van der Waals surface area (Å²) in [5, 5.41) is 0. The van der Waals surface area contributed by atoms with E-state index in [0.29, 0.717) is 29.5 Å². The Labute approximate surface area is 177 Å². The van der Waals surface area contributed by atoms with Gasteiger partial charge in [0, 0.05) is 30.0 Å². The third-order valence-corrected chi connectivity index (χ3v) is 7.90. The van der Waals surface area contributed by atoms with E-state index in [4.69, 9.17) is 4.74 Å². The maximum atomic E-state index is 12.9. The Kier molecular flexibility index (Phi) is 6.93. The van der Waals surface area contributed by atoms with E-state index in [2.05, 4.69) is 53.4 Å². The maximum absolute atomic E-state index is 12.9. The van der Waals surface area contributed by atoms with E-state index in [0.717, 1.165) is 13.0 Å². The lowest BCUT2D eigenvalue weighted by Gasteiger charge is -2.41. The molecule has 3 nitrogen and oxygen atoms in total. The summed E-state index contributed by atoms with van der Waals surface area (Å²) >= 11 is 0. The minimum atomic E-state index is -0.171. The summed E-state index contributed by atoms with van der Waals surface area (Å²) in [6.07, 6.45) is 2.38. The molecule has 28 heavy (non-hydrogen) atoms. The van der Waals surface area contributed by atoms with E-state index in [9.17, 15) is 4.79 Å². The molecular formula is C24H38ClNO2. The predicted octanol–water partition coefficient (Wildman–Crippen LogP) is 5.82. The smallest absolute Gasteiger partial charge is 0.338 e. The van der Waals surface area contributed by atoms with Crippen LogP contribution in [0, 0.1) is 22.7 Å². The van der Waals surface area contributed by atoms with Gasteiger partial charge in [0.1, 0.15) is 6.10 Å². The molecule has 2 aliphatic carbocycles. The molecule has 4 heteroatoms. The molecule has 158 valence electrons. The molecular weight excluding hydrogens is 370 g/mol. The molecule has 2 aliphatic rings. The molecule has 0 N–H and O–H groups in total. The number of halogens is 1. The van der Waals surface area contributed by atoms with Crippen LogP contribution in [0.25, 0.3) is 0 Å². The van der Waals surface area contributed by atoms with Gasteiger partial charge >= 0.3 is 5.97 Å². The molecule has 0 heterocycles. The molecule has 0 radical (unpaired) electrons. The van der Waals surface area contributed by atoms with Gasteiger partial charge < -0.3 is 4.74 Å². The lowest BCUT2D eigenvalue weighted by Crippen LogP contribution is -2.47. The molecule has 2 bridgehead atoms. The number of benzene rings is 1. The number of fused-ring (bicyclic) bond motifs is 2. The van der Waals surface area contributed by atoms with Gasteiger partial charge in [0.2, 0.25) is 0 Å². The SMILES string of the molecule is CC(C)N(CC1C2CCC(C)(C1OC(=O)c1ccccc1)C2(C)C)C(C)C.Cl. The van der Waals surface area contributed by atoms with Crippen LogP contribution in [0.5, 0.6) is 0 Å². The van der Waals surface area contributed by atoms with Crippen LogP contribution < -0.4 is 0 Å². The predicted molar refractivity (Wildman–Crippen MR) is 118 cm³/mol. The second-order valence-electron chi connectivity index (χ2n) is 10.0. The summed E-state index contributed by atoms with van der Waals surface area (Å²) in [4.78, 5) is 15.5. The molecule has 2 saturated carbocycles. The lowest BCUT2D eigenvalue weighted by molar-refractivity contribution is -0.0491. The van der Waals surface area contributed by atoms with Gasteiger partial charge in [-0.15, -0.1) is 12.4 Å². The number of carbonyl (C=O) groups is 1. The topological polar surface area (TPSA) is 29.5 Å². The second-order valence-corrected chi connectivity index (χ2v) is 10.0. The molecule has 2 fully saturated rings. The third kappa shape index (κ3) is 3.73. The zero-order valence-corrected chi connectivity index (χ0v) is 19.4. The zero-order chi connectivity index (χ0) is 20.0. The Morgan fingerprint density at radius 2 is 1.68 bits per heavy atom. The van der Waals surface area contributed by atoms with E-state index in [1.807, 2.05) is 30.3 Å². The largest absolute Gasteiger partial charge is 0.458 e. The van der Waals surface area contributed by atoms with Crippen LogP contribution in [0.3, 0.4) is 0 Å². The van der Waals surface area contributed by atoms with Gasteiger partial charge in [-0.05, 0) is 64.0 Å². The average Bonchev–Trinajstić information content (AvgIpc) is 2.92. The van der Waals surface area contributed by atoms with E-state index in [-0.39, 0.29) is 35.3 Å². The van der Waals surface area contributed by atoms with Crippen molar-refractivity contribution in [1.29, 1.82) is 0 Å². The monoisotopic (exact) mass is 407 g/mol. The van der Waals surface area contributed by atoms with Gasteiger partial charge in [-0.3, -0.25) is 4.90 Å². The molecule has 0 aliphatic heterocycles. The molecule has 1 aromatic rings. The minimum absolute atomic E-state index is 0. The number of hydrogen-bond donors (Lipinski definition) is 0. The molecule has 4 atom stereocenters. The van der Waals surface area contributed by atoms with Crippen LogP contribution in [0.4, 0.5) is 0 Å². The first-order valence-corrected chi connectivity index (χ1v) is 10.6. The number of carbonyl (C=O) groups excluding carboxylic acids is 1. The fraction of sp³-hybridized carbons (Fsp3) is 0.708. The molecule has 0 spiro atoms. The van der Waals surface area contributed by atoms with E-state index < -0.39 is 0 Å². The van der Waals surface area contributed by atoms with E-state index in [1.54, 1.807) is 0 Å². The Balaban J connectivity index is 0.00000280. The summed E-state index contributed by atoms with van der Waals surface area (Å²) in [5.74, 6) is 0.836. The number of nitrogens with zero attached hydrogens (tertiary/aromatic N) is 1. The Bertz CT molecular complexity index is 664. The highest BCUT2D eigenvalue weighted by molar-refractivity contribution is 5.89. The van der Waals surface area contributed by atoms with E-state index >= 15 is 0 Å². The van der Waals surface area contributed by atoms with Gasteiger partial charge in [-0.1, -0.05) is 39.0 Å². The Hall–Kier alpha value is -1.06. The number of rotatable bonds is 6. The zero-order valence-electron chi connectivity index (χ0n) is 18.6. The van der Waals surface area contributed by atoms with Gasteiger partial charge in [0.15, 0.2) is 0 Å². The number of hydrogen-bond acceptors (Lipinski definition) is 3. The van der Waals surface area contributed by atoms with Crippen LogP contribution in [0.2, 0.25) is 0 Å². The normalized spacial score (nSPS) is 30.7. The van der Waals surface area contributed by atoms with Gasteiger partial charge in [-0.2, -0.15) is 0 Å². The van der Waals surface area contributed by atoms with Crippen molar-refractivity contribution in [2.45, 2.75) is 79.5 Å². The minimum Gasteiger partial charge on any atom is -0.458 e. The van der Waals surface area contributed by atoms with Crippen molar-refractivity contribution in [3.8, 4) is 0 Å². The van der Waals surface area contributed by atoms with Crippen LogP contribution >= 0.6 is 12.4 Å². The first-order valence-electron chi connectivity index (χ1n) is 10.6. The summed E-state index contributed by atoms with van der Waals surface area (Å²) in [6.45, 7) is 17.2. The molecule has 0 amide bonds. The van der Waals surface area contributed by atoms with Crippen molar-refractivity contribution in [2.75, 3.05) is 6.54 Å². The Morgan fingerprint density at radius 1 is 1.11 bits per heavy atom. The fourth-order valence-electron chi connectivity index (χ4n) is 5.96. The van der Waals surface area contributed by atoms with E-state index in [1.165, 1.54) is 6.42 Å². The average molecular weight is 408 g/mol. The van der Waals surface area contributed by atoms with Crippen LogP contribution in [0.15, 0.2) is 30.3 Å². The van der Waals surface area contributed by atoms with Crippen molar-refractivity contribution in [1.82, 2.24) is 4.90 Å². The Morgan fingerprint density at radius 3 is 2.21 bits per heavy atom. The molecule has 4 unspecified atom stereocenters. The number of esters is 1. The summed E-state index contributed by atoms with van der Waals surface area (Å²) in [7, 11) is 0. The van der Waals surface area contributed by atoms with Crippen LogP contribution in [0.1, 0.15) is 71.7 Å². The van der Waals surface area contributed by atoms with Crippen molar-refractivity contribution >= 4 is 18.4 Å². The fourth-order valence-corrected chi connectivity index (χ4v) is 5.96. The standard InChI is InChI=1S/C24H37NO2.ClH/c1-16(2)25(17(3)4)15-19-20-13-14-24(7,23(20,5)6)21(19)27-22(26)18-11-9-8-10-12-18;/h8-12,16-17,19-21H,13-15H2,1-7H3;1H. The second kappa shape index (κ2) is 8.36. The summed E-state index contributed by atoms with van der Waals surface area (Å²) in [5.41, 5.74) is 0.899. The maximum Gasteiger partial charge on any atom is 0.338 e. The van der Waals surface area contributed by atoms with Gasteiger partial charge in [0.25, 0.3) is 0 Å². The van der Waals surface area contributed by atoms with Gasteiger partial charge in [-0.25, -0.2) is 4.79 Å². The van der Waals surface area contributed by atoms with Crippen molar-refractivity contribution in [2.24, 2.45) is 22.7 Å². The van der Waals surface area contributed by atoms with Crippen LogP contribution in [-0.4, -0.2) is 35.6 Å².